The maximum atomic E-state index is 13.0. The third-order valence-electron chi connectivity index (χ3n) is 8.83. The minimum atomic E-state index is -1.23. The number of carbonyl (C=O) groups excluding carboxylic acids is 2. The van der Waals surface area contributed by atoms with Crippen molar-refractivity contribution < 1.29 is 24.5 Å². The van der Waals surface area contributed by atoms with Gasteiger partial charge in [0.15, 0.2) is 17.0 Å². The lowest BCUT2D eigenvalue weighted by Gasteiger charge is -2.65. The monoisotopic (exact) mass is 411 g/mol. The molecule has 3 heterocycles. The van der Waals surface area contributed by atoms with E-state index >= 15 is 0 Å². The normalized spacial score (nSPS) is 43.2. The van der Waals surface area contributed by atoms with Crippen molar-refractivity contribution in [2.45, 2.75) is 67.2 Å². The van der Waals surface area contributed by atoms with Crippen LogP contribution in [0.5, 0.6) is 11.5 Å². The van der Waals surface area contributed by atoms with Gasteiger partial charge in [0.25, 0.3) is 5.91 Å². The number of piperidine rings is 1. The number of rotatable bonds is 2. The smallest absolute Gasteiger partial charge is 0.322 e. The molecule has 2 spiro atoms. The zero-order chi connectivity index (χ0) is 20.5. The summed E-state index contributed by atoms with van der Waals surface area (Å²) in [7, 11) is 0. The number of nitrogens with one attached hydrogen (secondary N) is 2. The molecule has 8 heteroatoms. The van der Waals surface area contributed by atoms with Crippen molar-refractivity contribution in [1.29, 1.82) is 0 Å². The average molecular weight is 411 g/mol. The zero-order valence-electron chi connectivity index (χ0n) is 16.6. The molecular formula is C22H25N3O5. The molecule has 3 aliphatic carbocycles. The lowest BCUT2D eigenvalue weighted by atomic mass is 9.46. The molecule has 2 saturated carbocycles. The van der Waals surface area contributed by atoms with E-state index in [1.54, 1.807) is 6.07 Å². The number of urea groups is 1. The Hall–Kier alpha value is -2.32. The van der Waals surface area contributed by atoms with Gasteiger partial charge >= 0.3 is 6.03 Å². The Bertz CT molecular complexity index is 1020. The van der Waals surface area contributed by atoms with E-state index in [-0.39, 0.29) is 11.8 Å². The number of likely N-dealkylation sites (tertiary alicyclic amines) is 1. The molecule has 30 heavy (non-hydrogen) atoms. The molecule has 158 valence electrons. The van der Waals surface area contributed by atoms with Crippen LogP contribution < -0.4 is 15.4 Å². The molecular weight excluding hydrogens is 386 g/mol. The van der Waals surface area contributed by atoms with Crippen LogP contribution in [0.4, 0.5) is 4.79 Å². The molecule has 1 aromatic carbocycles. The Kier molecular flexibility index (Phi) is 2.96. The van der Waals surface area contributed by atoms with Crippen molar-refractivity contribution in [2.24, 2.45) is 5.92 Å². The number of amides is 3. The van der Waals surface area contributed by atoms with Gasteiger partial charge in [-0.25, -0.2) is 4.79 Å². The van der Waals surface area contributed by atoms with Crippen LogP contribution in [0.1, 0.15) is 43.2 Å². The molecule has 8 nitrogen and oxygen atoms in total. The highest BCUT2D eigenvalue weighted by Gasteiger charge is 2.78. The van der Waals surface area contributed by atoms with E-state index in [1.807, 2.05) is 6.07 Å². The van der Waals surface area contributed by atoms with Crippen LogP contribution in [-0.2, 0) is 16.6 Å². The number of phenols is 1. The second kappa shape index (κ2) is 5.11. The molecule has 0 unspecified atom stereocenters. The van der Waals surface area contributed by atoms with Crippen molar-refractivity contribution in [1.82, 2.24) is 15.5 Å². The molecule has 6 aliphatic rings. The van der Waals surface area contributed by atoms with Crippen molar-refractivity contribution >= 4 is 11.9 Å². The fourth-order valence-electron chi connectivity index (χ4n) is 7.38. The van der Waals surface area contributed by atoms with E-state index in [4.69, 9.17) is 4.74 Å². The quantitative estimate of drug-likeness (QED) is 0.529. The molecule has 0 radical (unpaired) electrons. The van der Waals surface area contributed by atoms with Gasteiger partial charge in [0.2, 0.25) is 0 Å². The number of aliphatic hydroxyl groups is 1. The maximum Gasteiger partial charge on any atom is 0.322 e. The van der Waals surface area contributed by atoms with Crippen molar-refractivity contribution in [3.8, 4) is 11.5 Å². The second-order valence-corrected chi connectivity index (χ2v) is 10.1. The number of carbonyl (C=O) groups is 2. The van der Waals surface area contributed by atoms with E-state index < -0.39 is 34.6 Å². The first-order valence-electron chi connectivity index (χ1n) is 11.0. The number of hydrogen-bond donors (Lipinski definition) is 4. The number of ether oxygens (including phenoxy) is 1. The summed E-state index contributed by atoms with van der Waals surface area (Å²) in [5.41, 5.74) is -1.21. The number of phenolic OH excluding ortho intramolecular Hbond substituents is 1. The fourth-order valence-corrected chi connectivity index (χ4v) is 7.38. The van der Waals surface area contributed by atoms with Crippen LogP contribution in [0.3, 0.4) is 0 Å². The lowest BCUT2D eigenvalue weighted by Crippen LogP contribution is -2.81. The summed E-state index contributed by atoms with van der Waals surface area (Å²) in [5, 5.41) is 28.2. The summed E-state index contributed by atoms with van der Waals surface area (Å²) in [4.78, 5) is 27.6. The van der Waals surface area contributed by atoms with Crippen molar-refractivity contribution in [3.05, 3.63) is 23.3 Å². The molecule has 1 aromatic rings. The predicted octanol–water partition coefficient (Wildman–Crippen LogP) is 0.534. The molecule has 3 amide bonds. The molecule has 3 aliphatic heterocycles. The first-order chi connectivity index (χ1) is 14.4. The van der Waals surface area contributed by atoms with Gasteiger partial charge in [-0.1, -0.05) is 6.07 Å². The number of benzene rings is 1. The summed E-state index contributed by atoms with van der Waals surface area (Å²) >= 11 is 0. The van der Waals surface area contributed by atoms with Gasteiger partial charge in [-0.3, -0.25) is 15.0 Å². The van der Waals surface area contributed by atoms with E-state index in [0.717, 1.165) is 24.2 Å². The topological polar surface area (TPSA) is 111 Å². The summed E-state index contributed by atoms with van der Waals surface area (Å²) in [6.07, 6.45) is 3.81. The van der Waals surface area contributed by atoms with Gasteiger partial charge < -0.3 is 20.3 Å². The third kappa shape index (κ3) is 1.74. The molecule has 2 bridgehead atoms. The highest BCUT2D eigenvalue weighted by Crippen LogP contribution is 2.67. The first kappa shape index (κ1) is 17.4. The lowest BCUT2D eigenvalue weighted by molar-refractivity contribution is -0.203. The van der Waals surface area contributed by atoms with Gasteiger partial charge in [-0.05, 0) is 62.6 Å². The van der Waals surface area contributed by atoms with Crippen LogP contribution in [0, 0.1) is 5.92 Å². The Balaban J connectivity index is 1.46. The SMILES string of the molecule is O=C1NC(=O)[C@@]2(CC[C@@]3(O)[C@H]4Cc5ccc(O)c6c5[C@@]3(CCN4CC3CC3)[C@H]2O6)N1. The minimum absolute atomic E-state index is 0.0265. The van der Waals surface area contributed by atoms with Crippen molar-refractivity contribution in [2.75, 3.05) is 13.1 Å². The van der Waals surface area contributed by atoms with Crippen LogP contribution in [0.25, 0.3) is 0 Å². The van der Waals surface area contributed by atoms with Crippen LogP contribution in [-0.4, -0.2) is 63.4 Å². The number of aromatic hydroxyl groups is 1. The van der Waals surface area contributed by atoms with Crippen LogP contribution in [0.15, 0.2) is 12.1 Å². The van der Waals surface area contributed by atoms with E-state index in [2.05, 4.69) is 15.5 Å². The second-order valence-electron chi connectivity index (χ2n) is 10.1. The molecule has 0 aromatic heterocycles. The summed E-state index contributed by atoms with van der Waals surface area (Å²) in [6.45, 7) is 1.81. The molecule has 4 fully saturated rings. The predicted molar refractivity (Wildman–Crippen MR) is 104 cm³/mol. The van der Waals surface area contributed by atoms with E-state index in [9.17, 15) is 19.8 Å². The molecule has 4 N–H and O–H groups in total. The van der Waals surface area contributed by atoms with Gasteiger partial charge in [0.1, 0.15) is 6.10 Å². The molecule has 2 saturated heterocycles. The summed E-state index contributed by atoms with van der Waals surface area (Å²) in [6, 6.07) is 3.00. The zero-order valence-corrected chi connectivity index (χ0v) is 16.6. The number of fused-ring (bicyclic) bond motifs is 1. The Morgan fingerprint density at radius 1 is 1.20 bits per heavy atom. The minimum Gasteiger partial charge on any atom is -0.504 e. The average Bonchev–Trinajstić information content (AvgIpc) is 3.37. The Labute approximate surface area is 173 Å². The van der Waals surface area contributed by atoms with Crippen LogP contribution >= 0.6 is 0 Å². The van der Waals surface area contributed by atoms with Gasteiger partial charge in [-0.2, -0.15) is 0 Å². The standard InChI is InChI=1S/C22H25N3O5/c26-13-4-3-12-9-14-22(29)6-5-21(18(27)23-19(28)24-21)17-20(22,15(12)16(13)30-17)7-8-25(14)10-11-1-2-11/h3-4,11,14,17,26,29H,1-2,5-10H2,(H2,23,24,27,28)/t14-,17-,20+,21+,22-/m1/s1. The molecule has 7 rings (SSSR count). The highest BCUT2D eigenvalue weighted by atomic mass is 16.5. The third-order valence-corrected chi connectivity index (χ3v) is 8.83. The largest absolute Gasteiger partial charge is 0.504 e. The van der Waals surface area contributed by atoms with E-state index in [0.29, 0.717) is 37.4 Å². The Morgan fingerprint density at radius 2 is 2.03 bits per heavy atom. The molecule has 5 atom stereocenters. The Morgan fingerprint density at radius 3 is 2.77 bits per heavy atom. The fraction of sp³-hybridized carbons (Fsp3) is 0.636. The summed E-state index contributed by atoms with van der Waals surface area (Å²) in [5.74, 6) is 0.717. The van der Waals surface area contributed by atoms with Crippen molar-refractivity contribution in [3.63, 3.8) is 0 Å². The number of nitrogens with zero attached hydrogens (tertiary/aromatic N) is 1. The summed E-state index contributed by atoms with van der Waals surface area (Å²) < 4.78 is 6.36. The van der Waals surface area contributed by atoms with Gasteiger partial charge in [0, 0.05) is 18.2 Å². The van der Waals surface area contributed by atoms with Gasteiger partial charge in [0.05, 0.1) is 11.0 Å². The van der Waals surface area contributed by atoms with Gasteiger partial charge in [-0.15, -0.1) is 0 Å². The number of imide groups is 1. The highest BCUT2D eigenvalue weighted by molar-refractivity contribution is 6.08. The maximum absolute atomic E-state index is 13.0. The first-order valence-corrected chi connectivity index (χ1v) is 11.0. The van der Waals surface area contributed by atoms with Crippen LogP contribution in [0.2, 0.25) is 0 Å². The van der Waals surface area contributed by atoms with E-state index in [1.165, 1.54) is 12.8 Å². The number of hydrogen-bond acceptors (Lipinski definition) is 6.